The Balaban J connectivity index is 1.55. The number of urea groups is 1. The normalized spacial score (nSPS) is 25.8. The standard InChI is InChI=1S/C21H15BrN4O6S2/c1-20(11-2-4-12(22)5-3-11)24(16(27)9-33-20)19(30)25-17(28)10-34-21(25)18(29)14-7-6-13(26(31)32)8-15(14)23-21/h2-8,23H,9-10H2,1H3. The largest absolute Gasteiger partial charge is 0.346 e. The van der Waals surface area contributed by atoms with Crippen LogP contribution in [0.5, 0.6) is 0 Å². The van der Waals surface area contributed by atoms with Gasteiger partial charge < -0.3 is 5.32 Å². The molecule has 2 fully saturated rings. The first kappa shape index (κ1) is 22.9. The number of carbonyl (C=O) groups excluding carboxylic acids is 4. The lowest BCUT2D eigenvalue weighted by Crippen LogP contribution is -2.61. The molecule has 2 aromatic carbocycles. The van der Waals surface area contributed by atoms with Gasteiger partial charge in [-0.2, -0.15) is 0 Å². The first-order valence-corrected chi connectivity index (χ1v) is 12.7. The Morgan fingerprint density at radius 1 is 1.06 bits per heavy atom. The van der Waals surface area contributed by atoms with Crippen molar-refractivity contribution in [3.63, 3.8) is 0 Å². The summed E-state index contributed by atoms with van der Waals surface area (Å²) in [4.78, 5) is 62.6. The van der Waals surface area contributed by atoms with Gasteiger partial charge in [0.1, 0.15) is 4.87 Å². The molecule has 174 valence electrons. The summed E-state index contributed by atoms with van der Waals surface area (Å²) in [5.41, 5.74) is 0.718. The number of non-ortho nitro benzene ring substituents is 1. The SMILES string of the molecule is CC1(c2ccc(Br)cc2)SCC(=O)N1C(=O)N1C(=O)CSC12Nc1cc([N+](=O)[O-])ccc1C2=O. The number of rotatable bonds is 2. The molecule has 0 saturated carbocycles. The summed E-state index contributed by atoms with van der Waals surface area (Å²) in [6, 6.07) is 9.89. The van der Waals surface area contributed by atoms with E-state index in [1.54, 1.807) is 31.2 Å². The summed E-state index contributed by atoms with van der Waals surface area (Å²) in [5, 5.41) is 14.0. The minimum Gasteiger partial charge on any atom is -0.346 e. The number of carbonyl (C=O) groups is 4. The second-order valence-corrected chi connectivity index (χ2v) is 11.3. The Morgan fingerprint density at radius 3 is 2.38 bits per heavy atom. The number of thioether (sulfide) groups is 2. The Hall–Kier alpha value is -2.90. The number of amides is 4. The Labute approximate surface area is 209 Å². The van der Waals surface area contributed by atoms with Gasteiger partial charge in [0.25, 0.3) is 5.69 Å². The topological polar surface area (TPSA) is 130 Å². The van der Waals surface area contributed by atoms with Crippen LogP contribution < -0.4 is 5.32 Å². The lowest BCUT2D eigenvalue weighted by atomic mass is 10.1. The number of anilines is 1. The zero-order valence-corrected chi connectivity index (χ0v) is 20.7. The van der Waals surface area contributed by atoms with Gasteiger partial charge in [-0.1, -0.05) is 39.8 Å². The number of ketones is 1. The number of fused-ring (bicyclic) bond motifs is 1. The van der Waals surface area contributed by atoms with Crippen molar-refractivity contribution in [3.8, 4) is 0 Å². The molecule has 1 spiro atoms. The van der Waals surface area contributed by atoms with Gasteiger partial charge in [0, 0.05) is 22.2 Å². The van der Waals surface area contributed by atoms with Gasteiger partial charge in [0.2, 0.25) is 22.6 Å². The molecule has 2 unspecified atom stereocenters. The van der Waals surface area contributed by atoms with Gasteiger partial charge in [-0.3, -0.25) is 24.5 Å². The smallest absolute Gasteiger partial charge is 0.337 e. The third kappa shape index (κ3) is 3.17. The highest BCUT2D eigenvalue weighted by atomic mass is 79.9. The first-order valence-electron chi connectivity index (χ1n) is 9.94. The predicted octanol–water partition coefficient (Wildman–Crippen LogP) is 3.76. The van der Waals surface area contributed by atoms with Crippen LogP contribution in [0.25, 0.3) is 0 Å². The van der Waals surface area contributed by atoms with Crippen LogP contribution in [0.3, 0.4) is 0 Å². The van der Waals surface area contributed by atoms with Crippen LogP contribution in [0.1, 0.15) is 22.8 Å². The molecule has 3 heterocycles. The lowest BCUT2D eigenvalue weighted by molar-refractivity contribution is -0.384. The summed E-state index contributed by atoms with van der Waals surface area (Å²) >= 11 is 5.52. The number of nitro groups is 1. The third-order valence-corrected chi connectivity index (χ3v) is 9.13. The van der Waals surface area contributed by atoms with Crippen molar-refractivity contribution >= 4 is 74.5 Å². The van der Waals surface area contributed by atoms with Crippen LogP contribution >= 0.6 is 39.5 Å². The minimum absolute atomic E-state index is 0.0221. The van der Waals surface area contributed by atoms with E-state index in [4.69, 9.17) is 0 Å². The number of halogens is 1. The average molecular weight is 563 g/mol. The number of nitrogens with one attached hydrogen (secondary N) is 1. The van der Waals surface area contributed by atoms with E-state index >= 15 is 0 Å². The van der Waals surface area contributed by atoms with E-state index in [9.17, 15) is 29.3 Å². The molecule has 13 heteroatoms. The zero-order valence-electron chi connectivity index (χ0n) is 17.4. The molecule has 0 radical (unpaired) electrons. The maximum Gasteiger partial charge on any atom is 0.337 e. The molecule has 3 aliphatic rings. The van der Waals surface area contributed by atoms with Crippen LogP contribution in [0, 0.1) is 10.1 Å². The van der Waals surface area contributed by atoms with E-state index in [2.05, 4.69) is 21.2 Å². The lowest BCUT2D eigenvalue weighted by Gasteiger charge is -2.38. The fourth-order valence-corrected chi connectivity index (χ4v) is 6.87. The van der Waals surface area contributed by atoms with Crippen molar-refractivity contribution in [2.24, 2.45) is 0 Å². The fourth-order valence-electron chi connectivity index (χ4n) is 4.27. The molecule has 0 aromatic heterocycles. The highest BCUT2D eigenvalue weighted by Gasteiger charge is 2.62. The zero-order chi connectivity index (χ0) is 24.4. The van der Waals surface area contributed by atoms with E-state index < -0.39 is 38.4 Å². The Bertz CT molecular complexity index is 1300. The molecule has 2 saturated heterocycles. The summed E-state index contributed by atoms with van der Waals surface area (Å²) in [6.07, 6.45) is 0. The van der Waals surface area contributed by atoms with Crippen LogP contribution in [-0.2, 0) is 14.5 Å². The maximum absolute atomic E-state index is 13.8. The predicted molar refractivity (Wildman–Crippen MR) is 129 cm³/mol. The maximum atomic E-state index is 13.8. The van der Waals surface area contributed by atoms with E-state index in [0.717, 1.165) is 26.0 Å². The Kier molecular flexibility index (Phi) is 5.26. The molecule has 2 atom stereocenters. The van der Waals surface area contributed by atoms with Gasteiger partial charge >= 0.3 is 6.03 Å². The summed E-state index contributed by atoms with van der Waals surface area (Å²) in [5.74, 6) is -1.86. The summed E-state index contributed by atoms with van der Waals surface area (Å²) < 4.78 is 0.824. The third-order valence-electron chi connectivity index (χ3n) is 5.95. The van der Waals surface area contributed by atoms with Crippen molar-refractivity contribution in [2.45, 2.75) is 16.8 Å². The van der Waals surface area contributed by atoms with Crippen molar-refractivity contribution < 1.29 is 24.1 Å². The number of imide groups is 2. The van der Waals surface area contributed by atoms with Gasteiger partial charge in [0.05, 0.1) is 22.1 Å². The molecular formula is C21H15BrN4O6S2. The first-order chi connectivity index (χ1) is 16.1. The summed E-state index contributed by atoms with van der Waals surface area (Å²) in [7, 11) is 0. The van der Waals surface area contributed by atoms with E-state index in [1.165, 1.54) is 30.0 Å². The van der Waals surface area contributed by atoms with Crippen molar-refractivity contribution in [2.75, 3.05) is 16.8 Å². The second kappa shape index (κ2) is 7.82. The average Bonchev–Trinajstić information content (AvgIpc) is 3.40. The number of nitro benzene ring substituents is 1. The van der Waals surface area contributed by atoms with E-state index in [1.807, 2.05) is 0 Å². The molecule has 10 nitrogen and oxygen atoms in total. The number of Topliss-reactive ketones (excluding diaryl/α,β-unsaturated/α-hetero) is 1. The highest BCUT2D eigenvalue weighted by molar-refractivity contribution is 9.10. The van der Waals surface area contributed by atoms with Crippen LogP contribution in [0.15, 0.2) is 46.9 Å². The number of hydrogen-bond acceptors (Lipinski definition) is 9. The molecule has 1 N–H and O–H groups in total. The molecule has 4 amide bonds. The minimum atomic E-state index is -1.82. The Morgan fingerprint density at radius 2 is 1.71 bits per heavy atom. The molecule has 3 aliphatic heterocycles. The van der Waals surface area contributed by atoms with Crippen LogP contribution in [0.4, 0.5) is 16.2 Å². The molecule has 2 aromatic rings. The van der Waals surface area contributed by atoms with E-state index in [0.29, 0.717) is 5.56 Å². The molecule has 0 bridgehead atoms. The quantitative estimate of drug-likeness (QED) is 0.429. The molecule has 0 aliphatic carbocycles. The fraction of sp³-hybridized carbons (Fsp3) is 0.238. The number of hydrogen-bond donors (Lipinski definition) is 1. The monoisotopic (exact) mass is 562 g/mol. The van der Waals surface area contributed by atoms with Gasteiger partial charge in [-0.05, 0) is 30.7 Å². The highest BCUT2D eigenvalue weighted by Crippen LogP contribution is 2.50. The number of nitrogens with zero attached hydrogens (tertiary/aromatic N) is 3. The summed E-state index contributed by atoms with van der Waals surface area (Å²) in [6.45, 7) is 1.71. The molecular weight excluding hydrogens is 548 g/mol. The molecule has 5 rings (SSSR count). The van der Waals surface area contributed by atoms with Gasteiger partial charge in [-0.25, -0.2) is 14.6 Å². The van der Waals surface area contributed by atoms with Crippen molar-refractivity contribution in [3.05, 3.63) is 68.2 Å². The number of benzene rings is 2. The van der Waals surface area contributed by atoms with Crippen molar-refractivity contribution in [1.82, 2.24) is 9.80 Å². The van der Waals surface area contributed by atoms with Gasteiger partial charge in [0.15, 0.2) is 0 Å². The van der Waals surface area contributed by atoms with Crippen LogP contribution in [0.2, 0.25) is 0 Å². The van der Waals surface area contributed by atoms with E-state index in [-0.39, 0.29) is 28.4 Å². The van der Waals surface area contributed by atoms with Gasteiger partial charge in [-0.15, -0.1) is 11.8 Å². The molecule has 34 heavy (non-hydrogen) atoms. The van der Waals surface area contributed by atoms with Crippen molar-refractivity contribution in [1.29, 1.82) is 0 Å². The van der Waals surface area contributed by atoms with Crippen LogP contribution in [-0.4, -0.2) is 54.9 Å². The second-order valence-electron chi connectivity index (χ2n) is 7.89.